The second-order valence-electron chi connectivity index (χ2n) is 5.40. The zero-order valence-corrected chi connectivity index (χ0v) is 11.4. The second-order valence-corrected chi connectivity index (χ2v) is 5.40. The van der Waals surface area contributed by atoms with Crippen LogP contribution < -0.4 is 10.1 Å². The summed E-state index contributed by atoms with van der Waals surface area (Å²) in [5.74, 6) is 0.807. The van der Waals surface area contributed by atoms with Gasteiger partial charge in [-0.15, -0.1) is 0 Å². The summed E-state index contributed by atoms with van der Waals surface area (Å²) in [4.78, 5) is 0. The molecule has 1 aromatic rings. The van der Waals surface area contributed by atoms with E-state index in [0.717, 1.165) is 30.6 Å². The monoisotopic (exact) mass is 265 g/mol. The molecule has 1 fully saturated rings. The molecule has 4 heteroatoms. The Morgan fingerprint density at radius 1 is 1.37 bits per heavy atom. The number of aliphatic hydroxyl groups excluding tert-OH is 2. The van der Waals surface area contributed by atoms with Crippen LogP contribution in [0.4, 0.5) is 0 Å². The average Bonchev–Trinajstić information content (AvgIpc) is 2.37. The summed E-state index contributed by atoms with van der Waals surface area (Å²) < 4.78 is 5.60. The minimum atomic E-state index is -0.566. The minimum Gasteiger partial charge on any atom is -0.491 e. The largest absolute Gasteiger partial charge is 0.491 e. The number of ether oxygens (including phenoxy) is 1. The molecule has 0 aliphatic heterocycles. The van der Waals surface area contributed by atoms with Gasteiger partial charge in [-0.1, -0.05) is 18.2 Å². The Labute approximate surface area is 114 Å². The van der Waals surface area contributed by atoms with Crippen molar-refractivity contribution in [3.8, 4) is 5.75 Å². The highest BCUT2D eigenvalue weighted by Crippen LogP contribution is 2.30. The van der Waals surface area contributed by atoms with Crippen molar-refractivity contribution in [3.05, 3.63) is 29.8 Å². The lowest BCUT2D eigenvalue weighted by Gasteiger charge is -2.41. The summed E-state index contributed by atoms with van der Waals surface area (Å²) in [5.41, 5.74) is 0.900. The molecule has 1 unspecified atom stereocenters. The lowest BCUT2D eigenvalue weighted by molar-refractivity contribution is 0.0539. The number of rotatable bonds is 7. The quantitative estimate of drug-likeness (QED) is 0.694. The van der Waals surface area contributed by atoms with E-state index in [1.165, 1.54) is 0 Å². The smallest absolute Gasteiger partial charge is 0.122 e. The van der Waals surface area contributed by atoms with Crippen molar-refractivity contribution >= 4 is 0 Å². The van der Waals surface area contributed by atoms with Crippen LogP contribution in [0.1, 0.15) is 24.8 Å². The molecule has 106 valence electrons. The Kier molecular flexibility index (Phi) is 4.80. The predicted molar refractivity (Wildman–Crippen MR) is 74.4 cm³/mol. The molecule has 1 aliphatic carbocycles. The van der Waals surface area contributed by atoms with E-state index in [1.807, 2.05) is 31.2 Å². The summed E-state index contributed by atoms with van der Waals surface area (Å²) in [6.45, 7) is 2.83. The third-order valence-corrected chi connectivity index (χ3v) is 3.85. The molecule has 1 aromatic carbocycles. The van der Waals surface area contributed by atoms with Crippen LogP contribution in [0.2, 0.25) is 0 Å². The fourth-order valence-electron chi connectivity index (χ4n) is 2.29. The third-order valence-electron chi connectivity index (χ3n) is 3.85. The fraction of sp³-hybridized carbons (Fsp3) is 0.600. The molecule has 0 aromatic heterocycles. The highest BCUT2D eigenvalue weighted by atomic mass is 16.5. The number of benzene rings is 1. The van der Waals surface area contributed by atoms with Crippen molar-refractivity contribution in [3.63, 3.8) is 0 Å². The van der Waals surface area contributed by atoms with E-state index in [1.54, 1.807) is 0 Å². The van der Waals surface area contributed by atoms with Gasteiger partial charge in [-0.2, -0.15) is 0 Å². The molecule has 3 N–H and O–H groups in total. The topological polar surface area (TPSA) is 61.7 Å². The molecule has 0 bridgehead atoms. The van der Waals surface area contributed by atoms with Crippen LogP contribution in [0.15, 0.2) is 24.3 Å². The maximum atomic E-state index is 9.91. The van der Waals surface area contributed by atoms with Crippen LogP contribution in [0.5, 0.6) is 5.75 Å². The molecule has 0 amide bonds. The number of hydrogen-bond donors (Lipinski definition) is 3. The van der Waals surface area contributed by atoms with Gasteiger partial charge in [0.25, 0.3) is 0 Å². The van der Waals surface area contributed by atoms with Crippen molar-refractivity contribution in [1.29, 1.82) is 0 Å². The zero-order chi connectivity index (χ0) is 13.7. The van der Waals surface area contributed by atoms with Crippen LogP contribution >= 0.6 is 0 Å². The Balaban J connectivity index is 1.73. The first kappa shape index (κ1) is 14.3. The SMILES string of the molecule is Cc1ccccc1OCC(O)CNC1(CO)CCC1. The number of β-amino-alcohol motifs (C(OH)–C–C–N with tert-alkyl or cyclic N) is 1. The minimum absolute atomic E-state index is 0.137. The average molecular weight is 265 g/mol. The van der Waals surface area contributed by atoms with Crippen LogP contribution in [-0.4, -0.2) is 41.6 Å². The Morgan fingerprint density at radius 3 is 2.68 bits per heavy atom. The second kappa shape index (κ2) is 6.37. The first-order valence-electron chi connectivity index (χ1n) is 6.88. The number of aliphatic hydroxyl groups is 2. The number of aryl methyl sites for hydroxylation is 1. The molecule has 0 saturated heterocycles. The summed E-state index contributed by atoms with van der Waals surface area (Å²) >= 11 is 0. The van der Waals surface area contributed by atoms with Crippen molar-refractivity contribution in [1.82, 2.24) is 5.32 Å². The maximum absolute atomic E-state index is 9.91. The van der Waals surface area contributed by atoms with E-state index >= 15 is 0 Å². The number of hydrogen-bond acceptors (Lipinski definition) is 4. The Morgan fingerprint density at radius 2 is 2.11 bits per heavy atom. The zero-order valence-electron chi connectivity index (χ0n) is 11.4. The molecular formula is C15H23NO3. The first-order valence-corrected chi connectivity index (χ1v) is 6.88. The van der Waals surface area contributed by atoms with Gasteiger partial charge < -0.3 is 20.3 Å². The predicted octanol–water partition coefficient (Wildman–Crippen LogP) is 1.24. The molecule has 0 heterocycles. The van der Waals surface area contributed by atoms with Gasteiger partial charge in [0.2, 0.25) is 0 Å². The molecule has 2 rings (SSSR count). The van der Waals surface area contributed by atoms with E-state index in [-0.39, 0.29) is 18.8 Å². The molecule has 1 saturated carbocycles. The van der Waals surface area contributed by atoms with Gasteiger partial charge in [0.15, 0.2) is 0 Å². The Hall–Kier alpha value is -1.10. The van der Waals surface area contributed by atoms with E-state index in [2.05, 4.69) is 5.32 Å². The summed E-state index contributed by atoms with van der Waals surface area (Å²) in [5, 5.41) is 22.5. The van der Waals surface area contributed by atoms with Gasteiger partial charge >= 0.3 is 0 Å². The van der Waals surface area contributed by atoms with E-state index in [9.17, 15) is 10.2 Å². The van der Waals surface area contributed by atoms with E-state index < -0.39 is 6.10 Å². The summed E-state index contributed by atoms with van der Waals surface area (Å²) in [6.07, 6.45) is 2.54. The molecule has 0 spiro atoms. The van der Waals surface area contributed by atoms with E-state index in [4.69, 9.17) is 4.74 Å². The molecule has 0 radical (unpaired) electrons. The lowest BCUT2D eigenvalue weighted by Crippen LogP contribution is -2.56. The third kappa shape index (κ3) is 3.69. The van der Waals surface area contributed by atoms with Crippen molar-refractivity contribution in [2.75, 3.05) is 19.8 Å². The highest BCUT2D eigenvalue weighted by molar-refractivity contribution is 5.31. The number of nitrogens with one attached hydrogen (secondary N) is 1. The molecular weight excluding hydrogens is 242 g/mol. The van der Waals surface area contributed by atoms with Crippen molar-refractivity contribution < 1.29 is 14.9 Å². The number of para-hydroxylation sites is 1. The fourth-order valence-corrected chi connectivity index (χ4v) is 2.29. The highest BCUT2D eigenvalue weighted by Gasteiger charge is 2.35. The van der Waals surface area contributed by atoms with E-state index in [0.29, 0.717) is 6.54 Å². The summed E-state index contributed by atoms with van der Waals surface area (Å²) in [6, 6.07) is 7.76. The van der Waals surface area contributed by atoms with Gasteiger partial charge in [0.1, 0.15) is 18.5 Å². The van der Waals surface area contributed by atoms with Crippen molar-refractivity contribution in [2.24, 2.45) is 0 Å². The van der Waals surface area contributed by atoms with Crippen LogP contribution in [0, 0.1) is 6.92 Å². The van der Waals surface area contributed by atoms with Gasteiger partial charge in [0, 0.05) is 12.1 Å². The normalized spacial score (nSPS) is 18.7. The first-order chi connectivity index (χ1) is 9.15. The lowest BCUT2D eigenvalue weighted by atomic mass is 9.77. The van der Waals surface area contributed by atoms with Gasteiger partial charge in [-0.05, 0) is 37.8 Å². The van der Waals surface area contributed by atoms with Crippen LogP contribution in [0.25, 0.3) is 0 Å². The molecule has 4 nitrogen and oxygen atoms in total. The van der Waals surface area contributed by atoms with Gasteiger partial charge in [0.05, 0.1) is 6.61 Å². The van der Waals surface area contributed by atoms with Crippen LogP contribution in [0.3, 0.4) is 0 Å². The maximum Gasteiger partial charge on any atom is 0.122 e. The molecule has 19 heavy (non-hydrogen) atoms. The molecule has 1 atom stereocenters. The van der Waals surface area contributed by atoms with Crippen LogP contribution in [-0.2, 0) is 0 Å². The standard InChI is InChI=1S/C15H23NO3/c1-12-5-2-3-6-14(12)19-10-13(18)9-16-15(11-17)7-4-8-15/h2-3,5-6,13,16-18H,4,7-11H2,1H3. The van der Waals surface area contributed by atoms with Gasteiger partial charge in [-0.25, -0.2) is 0 Å². The van der Waals surface area contributed by atoms with Crippen molar-refractivity contribution in [2.45, 2.75) is 37.8 Å². The molecule has 1 aliphatic rings. The summed E-state index contributed by atoms with van der Waals surface area (Å²) in [7, 11) is 0. The van der Waals surface area contributed by atoms with Gasteiger partial charge in [-0.3, -0.25) is 0 Å². The Bertz CT molecular complexity index is 399.